The fraction of sp³-hybridized carbons (Fsp3) is 0.350. The van der Waals surface area contributed by atoms with Crippen LogP contribution in [0.1, 0.15) is 6.42 Å². The van der Waals surface area contributed by atoms with Gasteiger partial charge in [0.15, 0.2) is 0 Å². The largest absolute Gasteiger partial charge is 0.481 e. The lowest BCUT2D eigenvalue weighted by Gasteiger charge is -2.40. The molecule has 0 saturated carbocycles. The molecule has 12 nitrogen and oxygen atoms in total. The van der Waals surface area contributed by atoms with Gasteiger partial charge >= 0.3 is 5.97 Å². The number of aliphatic carboxylic acids is 1. The third-order valence-corrected chi connectivity index (χ3v) is 5.05. The van der Waals surface area contributed by atoms with Crippen LogP contribution in [0, 0.1) is 5.41 Å². The van der Waals surface area contributed by atoms with Crippen LogP contribution in [0.15, 0.2) is 36.5 Å². The predicted molar refractivity (Wildman–Crippen MR) is 103 cm³/mol. The first-order chi connectivity index (χ1) is 15.1. The van der Waals surface area contributed by atoms with Gasteiger partial charge in [-0.1, -0.05) is 0 Å². The zero-order valence-electron chi connectivity index (χ0n) is 16.8. The summed E-state index contributed by atoms with van der Waals surface area (Å²) in [5.41, 5.74) is -1.47. The maximum Gasteiger partial charge on any atom is 0.305 e. The van der Waals surface area contributed by atoms with Gasteiger partial charge in [-0.3, -0.25) is 48.3 Å². The molecule has 6 amide bonds. The number of ether oxygens (including phenoxy) is 1. The van der Waals surface area contributed by atoms with E-state index in [9.17, 15) is 33.6 Å². The molecule has 0 aromatic rings. The summed E-state index contributed by atoms with van der Waals surface area (Å²) in [4.78, 5) is 86.5. The maximum absolute atomic E-state index is 12.2. The monoisotopic (exact) mass is 445 g/mol. The normalized spacial score (nSPS) is 18.3. The van der Waals surface area contributed by atoms with E-state index in [1.54, 1.807) is 0 Å². The van der Waals surface area contributed by atoms with Gasteiger partial charge in [-0.15, -0.1) is 0 Å². The lowest BCUT2D eigenvalue weighted by Crippen LogP contribution is -2.57. The van der Waals surface area contributed by atoms with E-state index in [0.29, 0.717) is 0 Å². The fourth-order valence-corrected chi connectivity index (χ4v) is 3.50. The van der Waals surface area contributed by atoms with Gasteiger partial charge in [0.05, 0.1) is 19.6 Å². The Morgan fingerprint density at radius 3 is 1.28 bits per heavy atom. The molecule has 0 atom stereocenters. The van der Waals surface area contributed by atoms with Gasteiger partial charge in [-0.2, -0.15) is 0 Å². The quantitative estimate of drug-likeness (QED) is 0.287. The van der Waals surface area contributed by atoms with Crippen LogP contribution < -0.4 is 0 Å². The molecule has 0 fully saturated rings. The van der Waals surface area contributed by atoms with Crippen LogP contribution in [0.3, 0.4) is 0 Å². The van der Waals surface area contributed by atoms with Crippen molar-refractivity contribution in [1.82, 2.24) is 14.7 Å². The molecule has 168 valence electrons. The molecule has 3 aliphatic rings. The van der Waals surface area contributed by atoms with E-state index in [4.69, 9.17) is 9.84 Å². The first kappa shape index (κ1) is 22.7. The highest BCUT2D eigenvalue weighted by Crippen LogP contribution is 2.28. The molecule has 1 N–H and O–H groups in total. The van der Waals surface area contributed by atoms with E-state index in [1.165, 1.54) is 0 Å². The molecule has 0 aromatic heterocycles. The zero-order valence-corrected chi connectivity index (χ0v) is 16.8. The third kappa shape index (κ3) is 4.86. The summed E-state index contributed by atoms with van der Waals surface area (Å²) in [5, 5.41) is 8.84. The number of amides is 6. The van der Waals surface area contributed by atoms with Gasteiger partial charge < -0.3 is 9.84 Å². The number of carbonyl (C=O) groups is 7. The number of carboxylic acid groups (broad SMARTS) is 1. The number of carboxylic acids is 1. The smallest absolute Gasteiger partial charge is 0.305 e. The minimum Gasteiger partial charge on any atom is -0.481 e. The summed E-state index contributed by atoms with van der Waals surface area (Å²) in [6.07, 6.45) is 5.89. The molecule has 32 heavy (non-hydrogen) atoms. The average molecular weight is 445 g/mol. The summed E-state index contributed by atoms with van der Waals surface area (Å²) in [6.45, 7) is -1.78. The van der Waals surface area contributed by atoms with E-state index in [1.807, 2.05) is 0 Å². The second-order valence-electron chi connectivity index (χ2n) is 7.48. The standard InChI is InChI=1S/C20H19N3O9/c24-13-1-2-14(25)21(13)9-20(12-32-8-7-19(30)31,10-22-15(26)3-4-16(22)27)11-23-17(28)5-6-18(23)29/h1-6H,7-12H2,(H,30,31). The molecule has 0 radical (unpaired) electrons. The van der Waals surface area contributed by atoms with Gasteiger partial charge in [-0.05, 0) is 0 Å². The summed E-state index contributed by atoms with van der Waals surface area (Å²) >= 11 is 0. The maximum atomic E-state index is 12.2. The molecule has 0 aliphatic carbocycles. The van der Waals surface area contributed by atoms with Crippen LogP contribution in [0.25, 0.3) is 0 Å². The Balaban J connectivity index is 1.93. The van der Waals surface area contributed by atoms with Crippen LogP contribution in [-0.2, 0) is 38.3 Å². The van der Waals surface area contributed by atoms with Crippen molar-refractivity contribution in [2.24, 2.45) is 5.41 Å². The highest BCUT2D eigenvalue weighted by atomic mass is 16.5. The van der Waals surface area contributed by atoms with Gasteiger partial charge in [0, 0.05) is 61.5 Å². The average Bonchev–Trinajstić information content (AvgIpc) is 3.34. The topological polar surface area (TPSA) is 159 Å². The van der Waals surface area contributed by atoms with Crippen LogP contribution >= 0.6 is 0 Å². The number of nitrogens with zero attached hydrogens (tertiary/aromatic N) is 3. The van der Waals surface area contributed by atoms with Crippen molar-refractivity contribution in [1.29, 1.82) is 0 Å². The SMILES string of the molecule is O=C(O)CCOCC(CN1C(=O)C=CC1=O)(CN1C(=O)C=CC1=O)CN1C(=O)C=CC1=O. The molecule has 0 saturated heterocycles. The Labute approximate surface area is 181 Å². The molecule has 0 aromatic carbocycles. The van der Waals surface area contributed by atoms with Crippen LogP contribution in [0.4, 0.5) is 0 Å². The lowest BCUT2D eigenvalue weighted by molar-refractivity contribution is -0.145. The minimum atomic E-state index is -1.47. The van der Waals surface area contributed by atoms with E-state index < -0.39 is 66.5 Å². The first-order valence-corrected chi connectivity index (χ1v) is 9.52. The molecule has 3 aliphatic heterocycles. The predicted octanol–water partition coefficient (Wildman–Crippen LogP) is -1.76. The molecule has 0 unspecified atom stereocenters. The molecule has 0 bridgehead atoms. The van der Waals surface area contributed by atoms with Crippen LogP contribution in [0.5, 0.6) is 0 Å². The Hall–Kier alpha value is -3.93. The highest BCUT2D eigenvalue weighted by Gasteiger charge is 2.45. The minimum absolute atomic E-state index is 0.252. The Bertz CT molecular complexity index is 833. The van der Waals surface area contributed by atoms with Gasteiger partial charge in [0.1, 0.15) is 0 Å². The zero-order chi connectivity index (χ0) is 23.5. The van der Waals surface area contributed by atoms with Crippen molar-refractivity contribution >= 4 is 41.4 Å². The lowest BCUT2D eigenvalue weighted by atomic mass is 9.86. The van der Waals surface area contributed by atoms with Crippen LogP contribution in [0.2, 0.25) is 0 Å². The molecule has 3 rings (SSSR count). The van der Waals surface area contributed by atoms with Crippen molar-refractivity contribution in [2.75, 3.05) is 32.8 Å². The Morgan fingerprint density at radius 1 is 0.688 bits per heavy atom. The second kappa shape index (κ2) is 9.06. The first-order valence-electron chi connectivity index (χ1n) is 9.52. The Kier molecular flexibility index (Phi) is 6.44. The van der Waals surface area contributed by atoms with Crippen molar-refractivity contribution < 1.29 is 43.4 Å². The summed E-state index contributed by atoms with van der Waals surface area (Å²) < 4.78 is 5.46. The highest BCUT2D eigenvalue weighted by molar-refractivity contribution is 6.14. The van der Waals surface area contributed by atoms with E-state index in [0.717, 1.165) is 51.2 Å². The summed E-state index contributed by atoms with van der Waals surface area (Å²) in [5.74, 6) is -5.05. The van der Waals surface area contributed by atoms with E-state index in [2.05, 4.69) is 0 Å². The van der Waals surface area contributed by atoms with Crippen molar-refractivity contribution in [3.63, 3.8) is 0 Å². The number of imide groups is 3. The number of hydrogen-bond donors (Lipinski definition) is 1. The number of rotatable bonds is 11. The Morgan fingerprint density at radius 2 is 1.00 bits per heavy atom. The van der Waals surface area contributed by atoms with Crippen molar-refractivity contribution in [3.05, 3.63) is 36.5 Å². The van der Waals surface area contributed by atoms with Gasteiger partial charge in [0.25, 0.3) is 35.4 Å². The fourth-order valence-electron chi connectivity index (χ4n) is 3.50. The van der Waals surface area contributed by atoms with Gasteiger partial charge in [-0.25, -0.2) is 0 Å². The molecule has 3 heterocycles. The van der Waals surface area contributed by atoms with Gasteiger partial charge in [0.2, 0.25) is 0 Å². The van der Waals surface area contributed by atoms with Crippen molar-refractivity contribution in [3.8, 4) is 0 Å². The summed E-state index contributed by atoms with van der Waals surface area (Å²) in [6, 6.07) is 0. The van der Waals surface area contributed by atoms with Crippen molar-refractivity contribution in [2.45, 2.75) is 6.42 Å². The second-order valence-corrected chi connectivity index (χ2v) is 7.48. The van der Waals surface area contributed by atoms with E-state index in [-0.39, 0.29) is 19.6 Å². The third-order valence-electron chi connectivity index (χ3n) is 5.05. The molecule has 0 spiro atoms. The van der Waals surface area contributed by atoms with Crippen LogP contribution in [-0.4, -0.2) is 94.1 Å². The van der Waals surface area contributed by atoms with E-state index >= 15 is 0 Å². The number of hydrogen-bond acceptors (Lipinski definition) is 8. The molecular weight excluding hydrogens is 426 g/mol. The summed E-state index contributed by atoms with van der Waals surface area (Å²) in [7, 11) is 0. The number of carbonyl (C=O) groups excluding carboxylic acids is 6. The molecule has 12 heteroatoms. The molecular formula is C20H19N3O9.